The SMILES string of the molecule is CCSCC(C)Nc1ccc2ccccc2n1. The second-order valence-electron chi connectivity index (χ2n) is 4.09. The molecule has 0 aliphatic rings. The number of benzene rings is 1. The Kier molecular flexibility index (Phi) is 4.26. The molecule has 0 saturated carbocycles. The van der Waals surface area contributed by atoms with E-state index in [1.807, 2.05) is 30.0 Å². The maximum atomic E-state index is 4.60. The monoisotopic (exact) mass is 246 g/mol. The summed E-state index contributed by atoms with van der Waals surface area (Å²) in [5.41, 5.74) is 1.05. The molecule has 2 nitrogen and oxygen atoms in total. The highest BCUT2D eigenvalue weighted by molar-refractivity contribution is 7.99. The zero-order valence-corrected chi connectivity index (χ0v) is 11.1. The fourth-order valence-corrected chi connectivity index (χ4v) is 2.41. The summed E-state index contributed by atoms with van der Waals surface area (Å²) < 4.78 is 0. The highest BCUT2D eigenvalue weighted by atomic mass is 32.2. The molecule has 3 heteroatoms. The maximum Gasteiger partial charge on any atom is 0.126 e. The summed E-state index contributed by atoms with van der Waals surface area (Å²) in [6, 6.07) is 12.8. The van der Waals surface area contributed by atoms with Gasteiger partial charge in [-0.05, 0) is 30.9 Å². The van der Waals surface area contributed by atoms with Crippen LogP contribution in [0.5, 0.6) is 0 Å². The van der Waals surface area contributed by atoms with Crippen LogP contribution in [0.3, 0.4) is 0 Å². The number of pyridine rings is 1. The molecule has 0 saturated heterocycles. The smallest absolute Gasteiger partial charge is 0.126 e. The molecule has 1 aromatic carbocycles. The lowest BCUT2D eigenvalue weighted by Gasteiger charge is -2.14. The quantitative estimate of drug-likeness (QED) is 0.869. The van der Waals surface area contributed by atoms with Gasteiger partial charge in [0.2, 0.25) is 0 Å². The molecule has 1 atom stereocenters. The Labute approximate surface area is 107 Å². The molecule has 1 aromatic heterocycles. The first-order valence-electron chi connectivity index (χ1n) is 5.99. The van der Waals surface area contributed by atoms with Gasteiger partial charge >= 0.3 is 0 Å². The van der Waals surface area contributed by atoms with E-state index in [4.69, 9.17) is 0 Å². The van der Waals surface area contributed by atoms with Crippen LogP contribution in [0.4, 0.5) is 5.82 Å². The average Bonchev–Trinajstić information content (AvgIpc) is 2.36. The molecule has 0 amide bonds. The van der Waals surface area contributed by atoms with Crippen molar-refractivity contribution < 1.29 is 0 Å². The number of para-hydroxylation sites is 1. The zero-order valence-electron chi connectivity index (χ0n) is 10.3. The Balaban J connectivity index is 2.08. The number of thioether (sulfide) groups is 1. The van der Waals surface area contributed by atoms with Crippen molar-refractivity contribution in [2.24, 2.45) is 0 Å². The molecule has 1 unspecified atom stereocenters. The van der Waals surface area contributed by atoms with Gasteiger partial charge in [-0.3, -0.25) is 0 Å². The highest BCUT2D eigenvalue weighted by Gasteiger charge is 2.03. The van der Waals surface area contributed by atoms with E-state index in [0.717, 1.165) is 22.8 Å². The van der Waals surface area contributed by atoms with Crippen molar-refractivity contribution in [3.8, 4) is 0 Å². The van der Waals surface area contributed by atoms with Gasteiger partial charge in [0.25, 0.3) is 0 Å². The molecule has 2 aromatic rings. The maximum absolute atomic E-state index is 4.60. The van der Waals surface area contributed by atoms with Gasteiger partial charge in [-0.1, -0.05) is 25.1 Å². The number of aromatic nitrogens is 1. The van der Waals surface area contributed by atoms with Crippen LogP contribution in [-0.4, -0.2) is 22.5 Å². The predicted octanol–water partition coefficient (Wildman–Crippen LogP) is 3.79. The van der Waals surface area contributed by atoms with E-state index in [1.54, 1.807) is 0 Å². The van der Waals surface area contributed by atoms with Crippen LogP contribution in [0.2, 0.25) is 0 Å². The van der Waals surface area contributed by atoms with Crippen LogP contribution in [0.15, 0.2) is 36.4 Å². The van der Waals surface area contributed by atoms with Crippen LogP contribution in [0.1, 0.15) is 13.8 Å². The summed E-state index contributed by atoms with van der Waals surface area (Å²) in [7, 11) is 0. The standard InChI is InChI=1S/C14H18N2S/c1-3-17-10-11(2)15-14-9-8-12-6-4-5-7-13(12)16-14/h4-9,11H,3,10H2,1-2H3,(H,15,16). The normalized spacial score (nSPS) is 12.6. The number of nitrogens with zero attached hydrogens (tertiary/aromatic N) is 1. The van der Waals surface area contributed by atoms with E-state index in [0.29, 0.717) is 6.04 Å². The first-order chi connectivity index (χ1) is 8.29. The molecule has 0 bridgehead atoms. The van der Waals surface area contributed by atoms with E-state index in [-0.39, 0.29) is 0 Å². The molecule has 0 fully saturated rings. The number of hydrogen-bond donors (Lipinski definition) is 1. The van der Waals surface area contributed by atoms with E-state index >= 15 is 0 Å². The minimum Gasteiger partial charge on any atom is -0.367 e. The van der Waals surface area contributed by atoms with Gasteiger partial charge in [-0.15, -0.1) is 0 Å². The van der Waals surface area contributed by atoms with Crippen molar-refractivity contribution in [1.82, 2.24) is 4.98 Å². The van der Waals surface area contributed by atoms with E-state index in [2.05, 4.69) is 42.3 Å². The summed E-state index contributed by atoms with van der Waals surface area (Å²) in [5, 5.41) is 4.63. The summed E-state index contributed by atoms with van der Waals surface area (Å²) in [4.78, 5) is 4.60. The number of anilines is 1. The Morgan fingerprint density at radius 3 is 2.88 bits per heavy atom. The van der Waals surface area contributed by atoms with Gasteiger partial charge in [0.1, 0.15) is 5.82 Å². The first-order valence-corrected chi connectivity index (χ1v) is 7.15. The van der Waals surface area contributed by atoms with Gasteiger partial charge in [0.15, 0.2) is 0 Å². The first kappa shape index (κ1) is 12.2. The number of nitrogens with one attached hydrogen (secondary N) is 1. The minimum absolute atomic E-state index is 0.452. The van der Waals surface area contributed by atoms with Crippen molar-refractivity contribution in [2.45, 2.75) is 19.9 Å². The third-order valence-corrected chi connectivity index (χ3v) is 3.71. The van der Waals surface area contributed by atoms with Crippen molar-refractivity contribution >= 4 is 28.5 Å². The number of fused-ring (bicyclic) bond motifs is 1. The van der Waals surface area contributed by atoms with Crippen molar-refractivity contribution in [3.05, 3.63) is 36.4 Å². The molecular formula is C14H18N2S. The summed E-state index contributed by atoms with van der Waals surface area (Å²) in [5.74, 6) is 3.25. The van der Waals surface area contributed by atoms with Gasteiger partial charge in [-0.2, -0.15) is 11.8 Å². The second-order valence-corrected chi connectivity index (χ2v) is 5.41. The third kappa shape index (κ3) is 3.37. The summed E-state index contributed by atoms with van der Waals surface area (Å²) in [6.07, 6.45) is 0. The zero-order chi connectivity index (χ0) is 12.1. The Morgan fingerprint density at radius 1 is 1.24 bits per heavy atom. The highest BCUT2D eigenvalue weighted by Crippen LogP contribution is 2.15. The molecule has 17 heavy (non-hydrogen) atoms. The van der Waals surface area contributed by atoms with Crippen LogP contribution in [0, 0.1) is 0 Å². The second kappa shape index (κ2) is 5.92. The van der Waals surface area contributed by atoms with Crippen LogP contribution in [0.25, 0.3) is 10.9 Å². The average molecular weight is 246 g/mol. The number of rotatable bonds is 5. The largest absolute Gasteiger partial charge is 0.367 e. The van der Waals surface area contributed by atoms with E-state index < -0.39 is 0 Å². The lowest BCUT2D eigenvalue weighted by Crippen LogP contribution is -2.18. The minimum atomic E-state index is 0.452. The fraction of sp³-hybridized carbons (Fsp3) is 0.357. The van der Waals surface area contributed by atoms with Crippen LogP contribution in [-0.2, 0) is 0 Å². The van der Waals surface area contributed by atoms with E-state index in [9.17, 15) is 0 Å². The molecule has 1 heterocycles. The van der Waals surface area contributed by atoms with Gasteiger partial charge in [0.05, 0.1) is 5.52 Å². The van der Waals surface area contributed by atoms with Crippen LogP contribution < -0.4 is 5.32 Å². The number of hydrogen-bond acceptors (Lipinski definition) is 3. The van der Waals surface area contributed by atoms with Gasteiger partial charge in [-0.25, -0.2) is 4.98 Å². The van der Waals surface area contributed by atoms with Crippen LogP contribution >= 0.6 is 11.8 Å². The molecule has 0 spiro atoms. The lowest BCUT2D eigenvalue weighted by molar-refractivity contribution is 0.904. The molecule has 90 valence electrons. The van der Waals surface area contributed by atoms with Crippen molar-refractivity contribution in [1.29, 1.82) is 0 Å². The Bertz CT molecular complexity index is 484. The molecular weight excluding hydrogens is 228 g/mol. The molecule has 0 radical (unpaired) electrons. The third-order valence-electron chi connectivity index (χ3n) is 2.56. The molecule has 2 rings (SSSR count). The summed E-state index contributed by atoms with van der Waals surface area (Å²) in [6.45, 7) is 4.38. The molecule has 0 aliphatic heterocycles. The molecule has 1 N–H and O–H groups in total. The van der Waals surface area contributed by atoms with Crippen molar-refractivity contribution in [3.63, 3.8) is 0 Å². The van der Waals surface area contributed by atoms with Gasteiger partial charge < -0.3 is 5.32 Å². The van der Waals surface area contributed by atoms with Crippen molar-refractivity contribution in [2.75, 3.05) is 16.8 Å². The fourth-order valence-electron chi connectivity index (χ4n) is 1.74. The van der Waals surface area contributed by atoms with E-state index in [1.165, 1.54) is 5.39 Å². The molecule has 0 aliphatic carbocycles. The topological polar surface area (TPSA) is 24.9 Å². The summed E-state index contributed by atoms with van der Waals surface area (Å²) >= 11 is 1.95. The Morgan fingerprint density at radius 2 is 2.06 bits per heavy atom. The Hall–Kier alpha value is -1.22. The van der Waals surface area contributed by atoms with Gasteiger partial charge in [0, 0.05) is 17.2 Å². The predicted molar refractivity (Wildman–Crippen MR) is 77.8 cm³/mol. The lowest BCUT2D eigenvalue weighted by atomic mass is 10.2.